The minimum atomic E-state index is -0.418. The molecular formula is C19H24N6O3. The number of hydrogen-bond donors (Lipinski definition) is 1. The predicted octanol–water partition coefficient (Wildman–Crippen LogP) is 0.690. The molecular weight excluding hydrogens is 360 g/mol. The lowest BCUT2D eigenvalue weighted by Gasteiger charge is -2.26. The molecule has 0 spiro atoms. The van der Waals surface area contributed by atoms with Crippen LogP contribution in [0.4, 0.5) is 0 Å². The Morgan fingerprint density at radius 1 is 1.07 bits per heavy atom. The van der Waals surface area contributed by atoms with Crippen LogP contribution in [0.3, 0.4) is 0 Å². The highest BCUT2D eigenvalue weighted by Gasteiger charge is 2.20. The number of morpholine rings is 1. The van der Waals surface area contributed by atoms with E-state index >= 15 is 0 Å². The molecule has 1 saturated heterocycles. The van der Waals surface area contributed by atoms with Gasteiger partial charge in [0.1, 0.15) is 5.82 Å². The molecule has 3 aromatic rings. The van der Waals surface area contributed by atoms with Crippen molar-refractivity contribution in [2.24, 2.45) is 0 Å². The minimum Gasteiger partial charge on any atom is -0.379 e. The number of aromatic amines is 1. The van der Waals surface area contributed by atoms with Crippen LogP contribution in [-0.4, -0.2) is 61.8 Å². The Morgan fingerprint density at radius 3 is 2.54 bits per heavy atom. The summed E-state index contributed by atoms with van der Waals surface area (Å²) in [5.74, 6) is 0.673. The molecule has 9 nitrogen and oxygen atoms in total. The maximum Gasteiger partial charge on any atom is 0.330 e. The Labute approximate surface area is 161 Å². The molecule has 0 amide bonds. The van der Waals surface area contributed by atoms with E-state index in [0.717, 1.165) is 44.8 Å². The average molecular weight is 384 g/mol. The highest BCUT2D eigenvalue weighted by atomic mass is 16.5. The SMILES string of the molecule is CCCn1c(=O)[nH]c(=O)c2c1nc(-c1ccncc1)n2CCN1CCOCC1. The van der Waals surface area contributed by atoms with Crippen LogP contribution in [0.2, 0.25) is 0 Å². The van der Waals surface area contributed by atoms with Gasteiger partial charge in [0, 0.05) is 50.7 Å². The maximum absolute atomic E-state index is 12.7. The Bertz CT molecular complexity index is 1060. The summed E-state index contributed by atoms with van der Waals surface area (Å²) < 4.78 is 8.88. The smallest absolute Gasteiger partial charge is 0.330 e. The Hall–Kier alpha value is -2.78. The summed E-state index contributed by atoms with van der Waals surface area (Å²) in [5.41, 5.74) is 0.918. The number of aromatic nitrogens is 5. The fourth-order valence-corrected chi connectivity index (χ4v) is 3.61. The number of nitrogens with one attached hydrogen (secondary N) is 1. The fourth-order valence-electron chi connectivity index (χ4n) is 3.61. The molecule has 4 heterocycles. The predicted molar refractivity (Wildman–Crippen MR) is 105 cm³/mol. The van der Waals surface area contributed by atoms with Gasteiger partial charge in [0.05, 0.1) is 13.2 Å². The molecule has 1 fully saturated rings. The van der Waals surface area contributed by atoms with E-state index in [1.165, 1.54) is 0 Å². The number of aryl methyl sites for hydroxylation is 1. The number of rotatable bonds is 6. The molecule has 0 aromatic carbocycles. The topological polar surface area (TPSA) is 98.0 Å². The number of fused-ring (bicyclic) bond motifs is 1. The molecule has 1 N–H and O–H groups in total. The van der Waals surface area contributed by atoms with Crippen molar-refractivity contribution in [3.05, 3.63) is 45.4 Å². The molecule has 0 saturated carbocycles. The van der Waals surface area contributed by atoms with Crippen LogP contribution in [0.25, 0.3) is 22.6 Å². The minimum absolute atomic E-state index is 0.401. The largest absolute Gasteiger partial charge is 0.379 e. The molecule has 9 heteroatoms. The maximum atomic E-state index is 12.7. The van der Waals surface area contributed by atoms with Gasteiger partial charge in [0.2, 0.25) is 0 Å². The highest BCUT2D eigenvalue weighted by molar-refractivity contribution is 5.76. The molecule has 28 heavy (non-hydrogen) atoms. The lowest BCUT2D eigenvalue weighted by atomic mass is 10.2. The van der Waals surface area contributed by atoms with Gasteiger partial charge in [-0.15, -0.1) is 0 Å². The van der Waals surface area contributed by atoms with Crippen molar-refractivity contribution in [2.75, 3.05) is 32.8 Å². The zero-order valence-corrected chi connectivity index (χ0v) is 15.9. The first-order valence-electron chi connectivity index (χ1n) is 9.63. The summed E-state index contributed by atoms with van der Waals surface area (Å²) >= 11 is 0. The van der Waals surface area contributed by atoms with Gasteiger partial charge in [-0.05, 0) is 18.6 Å². The number of hydrogen-bond acceptors (Lipinski definition) is 6. The van der Waals surface area contributed by atoms with Crippen molar-refractivity contribution in [3.63, 3.8) is 0 Å². The van der Waals surface area contributed by atoms with Crippen LogP contribution in [0.15, 0.2) is 34.1 Å². The zero-order valence-electron chi connectivity index (χ0n) is 15.9. The molecule has 0 radical (unpaired) electrons. The summed E-state index contributed by atoms with van der Waals surface area (Å²) in [7, 11) is 0. The van der Waals surface area contributed by atoms with Crippen molar-refractivity contribution < 1.29 is 4.74 Å². The molecule has 1 aliphatic rings. The van der Waals surface area contributed by atoms with Gasteiger partial charge in [0.15, 0.2) is 11.2 Å². The Balaban J connectivity index is 1.85. The van der Waals surface area contributed by atoms with E-state index in [1.807, 2.05) is 23.6 Å². The number of nitrogens with zero attached hydrogens (tertiary/aromatic N) is 5. The molecule has 0 bridgehead atoms. The molecule has 0 unspecified atom stereocenters. The summed E-state index contributed by atoms with van der Waals surface area (Å²) in [5, 5.41) is 0. The van der Waals surface area contributed by atoms with Gasteiger partial charge in [-0.2, -0.15) is 0 Å². The number of ether oxygens (including phenoxy) is 1. The first kappa shape index (κ1) is 18.6. The Kier molecular flexibility index (Phi) is 5.36. The molecule has 3 aromatic heterocycles. The monoisotopic (exact) mass is 384 g/mol. The van der Waals surface area contributed by atoms with Crippen LogP contribution in [0.5, 0.6) is 0 Å². The molecule has 4 rings (SSSR count). The third-order valence-corrected chi connectivity index (χ3v) is 5.01. The molecule has 148 valence electrons. The van der Waals surface area contributed by atoms with E-state index in [9.17, 15) is 9.59 Å². The van der Waals surface area contributed by atoms with Gasteiger partial charge in [-0.3, -0.25) is 24.2 Å². The number of H-pyrrole nitrogens is 1. The van der Waals surface area contributed by atoms with E-state index in [2.05, 4.69) is 14.9 Å². The Morgan fingerprint density at radius 2 is 1.82 bits per heavy atom. The van der Waals surface area contributed by atoms with E-state index in [4.69, 9.17) is 9.72 Å². The van der Waals surface area contributed by atoms with Crippen LogP contribution in [0, 0.1) is 0 Å². The van der Waals surface area contributed by atoms with Gasteiger partial charge in [-0.25, -0.2) is 9.78 Å². The van der Waals surface area contributed by atoms with E-state index in [0.29, 0.717) is 30.1 Å². The first-order chi connectivity index (χ1) is 13.7. The summed E-state index contributed by atoms with van der Waals surface area (Å²) in [6.45, 7) is 7.05. The van der Waals surface area contributed by atoms with Crippen molar-refractivity contribution >= 4 is 11.2 Å². The van der Waals surface area contributed by atoms with Crippen molar-refractivity contribution in [1.82, 2.24) is 29.0 Å². The van der Waals surface area contributed by atoms with E-state index in [-0.39, 0.29) is 0 Å². The molecule has 0 atom stereocenters. The summed E-state index contributed by atoms with van der Waals surface area (Å²) in [6.07, 6.45) is 4.17. The van der Waals surface area contributed by atoms with E-state index < -0.39 is 11.2 Å². The van der Waals surface area contributed by atoms with Crippen LogP contribution in [-0.2, 0) is 17.8 Å². The second-order valence-corrected chi connectivity index (χ2v) is 6.86. The first-order valence-corrected chi connectivity index (χ1v) is 9.63. The van der Waals surface area contributed by atoms with Crippen molar-refractivity contribution in [1.29, 1.82) is 0 Å². The van der Waals surface area contributed by atoms with Crippen molar-refractivity contribution in [3.8, 4) is 11.4 Å². The number of pyridine rings is 1. The quantitative estimate of drug-likeness (QED) is 0.672. The van der Waals surface area contributed by atoms with Crippen LogP contribution in [0.1, 0.15) is 13.3 Å². The average Bonchev–Trinajstić information content (AvgIpc) is 3.11. The standard InChI is InChI=1S/C19H24N6O3/c1-2-7-25-17-15(18(26)22-19(25)27)24(9-8-23-10-12-28-13-11-23)16(21-17)14-3-5-20-6-4-14/h3-6H,2,7-13H2,1H3,(H,22,26,27). The fraction of sp³-hybridized carbons (Fsp3) is 0.474. The zero-order chi connectivity index (χ0) is 19.5. The summed E-state index contributed by atoms with van der Waals surface area (Å²) in [6, 6.07) is 3.73. The van der Waals surface area contributed by atoms with Gasteiger partial charge in [0.25, 0.3) is 5.56 Å². The van der Waals surface area contributed by atoms with Gasteiger partial charge >= 0.3 is 5.69 Å². The normalized spacial score (nSPS) is 15.3. The molecule has 1 aliphatic heterocycles. The third kappa shape index (κ3) is 3.50. The van der Waals surface area contributed by atoms with Crippen molar-refractivity contribution in [2.45, 2.75) is 26.4 Å². The third-order valence-electron chi connectivity index (χ3n) is 5.01. The number of imidazole rings is 1. The molecule has 0 aliphatic carbocycles. The lowest BCUT2D eigenvalue weighted by molar-refractivity contribution is 0.0365. The second kappa shape index (κ2) is 8.07. The van der Waals surface area contributed by atoms with E-state index in [1.54, 1.807) is 17.0 Å². The lowest BCUT2D eigenvalue weighted by Crippen LogP contribution is -2.38. The summed E-state index contributed by atoms with van der Waals surface area (Å²) in [4.78, 5) is 38.6. The second-order valence-electron chi connectivity index (χ2n) is 6.86. The van der Waals surface area contributed by atoms with Crippen LogP contribution < -0.4 is 11.2 Å². The van der Waals surface area contributed by atoms with Gasteiger partial charge < -0.3 is 9.30 Å². The van der Waals surface area contributed by atoms with Crippen LogP contribution >= 0.6 is 0 Å². The highest BCUT2D eigenvalue weighted by Crippen LogP contribution is 2.22. The van der Waals surface area contributed by atoms with Gasteiger partial charge in [-0.1, -0.05) is 6.92 Å².